The Bertz CT molecular complexity index is 305. The van der Waals surface area contributed by atoms with E-state index in [-0.39, 0.29) is 5.54 Å². The molecule has 0 bridgehead atoms. The Balaban J connectivity index is 2.08. The van der Waals surface area contributed by atoms with Gasteiger partial charge in [0.05, 0.1) is 25.0 Å². The van der Waals surface area contributed by atoms with Gasteiger partial charge in [0.15, 0.2) is 0 Å². The van der Waals surface area contributed by atoms with Gasteiger partial charge in [-0.1, -0.05) is 6.92 Å². The van der Waals surface area contributed by atoms with Gasteiger partial charge in [0.25, 0.3) is 0 Å². The van der Waals surface area contributed by atoms with Gasteiger partial charge >= 0.3 is 0 Å². The number of furan rings is 1. The maximum absolute atomic E-state index is 5.92. The molecule has 90 valence electrons. The fraction of sp³-hybridized carbons (Fsp3) is 0.667. The molecule has 0 aliphatic carbocycles. The van der Waals surface area contributed by atoms with Gasteiger partial charge in [0.1, 0.15) is 5.76 Å². The molecular formula is C12H20N2O2. The first-order chi connectivity index (χ1) is 7.80. The lowest BCUT2D eigenvalue weighted by Crippen LogP contribution is -2.54. The lowest BCUT2D eigenvalue weighted by atomic mass is 9.96. The summed E-state index contributed by atoms with van der Waals surface area (Å²) in [6.07, 6.45) is 2.72. The average molecular weight is 224 g/mol. The quantitative estimate of drug-likeness (QED) is 0.817. The molecule has 1 aliphatic rings. The summed E-state index contributed by atoms with van der Waals surface area (Å²) < 4.78 is 10.9. The molecule has 1 unspecified atom stereocenters. The van der Waals surface area contributed by atoms with E-state index in [1.165, 1.54) is 0 Å². The number of nitrogens with zero attached hydrogens (tertiary/aromatic N) is 1. The first-order valence-corrected chi connectivity index (χ1v) is 5.86. The van der Waals surface area contributed by atoms with Crippen LogP contribution in [-0.2, 0) is 11.3 Å². The highest BCUT2D eigenvalue weighted by atomic mass is 16.5. The number of hydrogen-bond acceptors (Lipinski definition) is 4. The van der Waals surface area contributed by atoms with E-state index in [2.05, 4.69) is 11.8 Å². The minimum Gasteiger partial charge on any atom is -0.468 e. The maximum Gasteiger partial charge on any atom is 0.117 e. The number of ether oxygens (including phenoxy) is 1. The second kappa shape index (κ2) is 4.99. The fourth-order valence-electron chi connectivity index (χ4n) is 2.34. The Morgan fingerprint density at radius 1 is 1.56 bits per heavy atom. The number of nitrogens with two attached hydrogens (primary N) is 1. The second-order valence-electron chi connectivity index (χ2n) is 4.32. The predicted octanol–water partition coefficient (Wildman–Crippen LogP) is 1.22. The van der Waals surface area contributed by atoms with Gasteiger partial charge < -0.3 is 14.9 Å². The first-order valence-electron chi connectivity index (χ1n) is 5.86. The molecule has 0 aromatic carbocycles. The van der Waals surface area contributed by atoms with E-state index in [0.29, 0.717) is 6.54 Å². The highest BCUT2D eigenvalue weighted by Gasteiger charge is 2.38. The van der Waals surface area contributed by atoms with Crippen LogP contribution in [-0.4, -0.2) is 36.7 Å². The van der Waals surface area contributed by atoms with Crippen LogP contribution in [0.25, 0.3) is 0 Å². The molecule has 1 aliphatic heterocycles. The van der Waals surface area contributed by atoms with Crippen molar-refractivity contribution in [1.29, 1.82) is 0 Å². The molecule has 0 spiro atoms. The molecule has 0 amide bonds. The number of hydrogen-bond donors (Lipinski definition) is 1. The van der Waals surface area contributed by atoms with Gasteiger partial charge in [-0.2, -0.15) is 0 Å². The van der Waals surface area contributed by atoms with Crippen molar-refractivity contribution in [3.63, 3.8) is 0 Å². The minimum atomic E-state index is 0.00153. The fourth-order valence-corrected chi connectivity index (χ4v) is 2.34. The lowest BCUT2D eigenvalue weighted by molar-refractivity contribution is 0.0644. The summed E-state index contributed by atoms with van der Waals surface area (Å²) in [4.78, 5) is 2.36. The molecule has 16 heavy (non-hydrogen) atoms. The van der Waals surface area contributed by atoms with Crippen LogP contribution in [0.2, 0.25) is 0 Å². The average Bonchev–Trinajstić information content (AvgIpc) is 2.97. The summed E-state index contributed by atoms with van der Waals surface area (Å²) in [5, 5.41) is 0. The number of rotatable bonds is 5. The third-order valence-electron chi connectivity index (χ3n) is 3.44. The molecule has 1 saturated heterocycles. The summed E-state index contributed by atoms with van der Waals surface area (Å²) in [5.41, 5.74) is 5.92. The number of likely N-dealkylation sites (N-methyl/N-ethyl adjacent to an activating group) is 1. The zero-order valence-corrected chi connectivity index (χ0v) is 9.82. The third-order valence-corrected chi connectivity index (χ3v) is 3.44. The molecule has 2 N–H and O–H groups in total. The molecule has 1 aromatic heterocycles. The Kier molecular flexibility index (Phi) is 3.63. The van der Waals surface area contributed by atoms with Gasteiger partial charge in [-0.05, 0) is 25.1 Å². The van der Waals surface area contributed by atoms with Gasteiger partial charge in [-0.25, -0.2) is 0 Å². The molecule has 1 atom stereocenters. The van der Waals surface area contributed by atoms with Crippen molar-refractivity contribution in [2.24, 2.45) is 5.73 Å². The van der Waals surface area contributed by atoms with Crippen molar-refractivity contribution in [1.82, 2.24) is 4.90 Å². The Labute approximate surface area is 96.4 Å². The van der Waals surface area contributed by atoms with Crippen LogP contribution in [0, 0.1) is 0 Å². The summed E-state index contributed by atoms with van der Waals surface area (Å²) >= 11 is 0. The Morgan fingerprint density at radius 3 is 2.94 bits per heavy atom. The standard InChI is InChI=1S/C12H20N2O2/c1-2-14(8-11-4-3-6-16-11)12(9-13)5-7-15-10-12/h3-4,6H,2,5,7-10,13H2,1H3. The minimum absolute atomic E-state index is 0.00153. The topological polar surface area (TPSA) is 51.6 Å². The van der Waals surface area contributed by atoms with Crippen molar-refractivity contribution in [2.45, 2.75) is 25.4 Å². The molecule has 0 radical (unpaired) electrons. The van der Waals surface area contributed by atoms with E-state index in [1.54, 1.807) is 6.26 Å². The zero-order valence-electron chi connectivity index (χ0n) is 9.82. The van der Waals surface area contributed by atoms with E-state index in [0.717, 1.165) is 38.5 Å². The summed E-state index contributed by atoms with van der Waals surface area (Å²) in [5.74, 6) is 0.988. The SMILES string of the molecule is CCN(Cc1ccco1)C1(CN)CCOC1. The van der Waals surface area contributed by atoms with Crippen LogP contribution in [0.4, 0.5) is 0 Å². The summed E-state index contributed by atoms with van der Waals surface area (Å²) in [7, 11) is 0. The monoisotopic (exact) mass is 224 g/mol. The van der Waals surface area contributed by atoms with E-state index >= 15 is 0 Å². The summed E-state index contributed by atoms with van der Waals surface area (Å²) in [6.45, 7) is 6.11. The predicted molar refractivity (Wildman–Crippen MR) is 62.0 cm³/mol. The first kappa shape index (κ1) is 11.6. The van der Waals surface area contributed by atoms with Crippen LogP contribution in [0.5, 0.6) is 0 Å². The van der Waals surface area contributed by atoms with Gasteiger partial charge in [-0.15, -0.1) is 0 Å². The van der Waals surface area contributed by atoms with Crippen LogP contribution in [0.1, 0.15) is 19.1 Å². The van der Waals surface area contributed by atoms with Crippen LogP contribution in [0.15, 0.2) is 22.8 Å². The summed E-state index contributed by atoms with van der Waals surface area (Å²) in [6, 6.07) is 3.92. The van der Waals surface area contributed by atoms with Crippen molar-refractivity contribution in [3.8, 4) is 0 Å². The normalized spacial score (nSPS) is 25.4. The van der Waals surface area contributed by atoms with E-state index in [4.69, 9.17) is 14.9 Å². The van der Waals surface area contributed by atoms with E-state index < -0.39 is 0 Å². The Morgan fingerprint density at radius 2 is 2.44 bits per heavy atom. The second-order valence-corrected chi connectivity index (χ2v) is 4.32. The zero-order chi connectivity index (χ0) is 11.4. The highest BCUT2D eigenvalue weighted by Crippen LogP contribution is 2.26. The van der Waals surface area contributed by atoms with Gasteiger partial charge in [-0.3, -0.25) is 4.90 Å². The van der Waals surface area contributed by atoms with Crippen LogP contribution in [0.3, 0.4) is 0 Å². The van der Waals surface area contributed by atoms with Crippen molar-refractivity contribution in [2.75, 3.05) is 26.3 Å². The maximum atomic E-state index is 5.92. The highest BCUT2D eigenvalue weighted by molar-refractivity contribution is 5.02. The molecular weight excluding hydrogens is 204 g/mol. The molecule has 4 heteroatoms. The molecule has 2 rings (SSSR count). The third kappa shape index (κ3) is 2.14. The van der Waals surface area contributed by atoms with Gasteiger partial charge in [0.2, 0.25) is 0 Å². The van der Waals surface area contributed by atoms with E-state index in [1.807, 2.05) is 12.1 Å². The molecule has 1 fully saturated rings. The molecule has 2 heterocycles. The largest absolute Gasteiger partial charge is 0.468 e. The Hall–Kier alpha value is -0.840. The van der Waals surface area contributed by atoms with E-state index in [9.17, 15) is 0 Å². The van der Waals surface area contributed by atoms with Crippen LogP contribution < -0.4 is 5.73 Å². The van der Waals surface area contributed by atoms with Crippen molar-refractivity contribution >= 4 is 0 Å². The smallest absolute Gasteiger partial charge is 0.117 e. The van der Waals surface area contributed by atoms with Gasteiger partial charge in [0, 0.05) is 13.2 Å². The molecule has 4 nitrogen and oxygen atoms in total. The lowest BCUT2D eigenvalue weighted by Gasteiger charge is -2.38. The van der Waals surface area contributed by atoms with Crippen molar-refractivity contribution < 1.29 is 9.15 Å². The molecule has 0 saturated carbocycles. The molecule has 1 aromatic rings. The van der Waals surface area contributed by atoms with Crippen LogP contribution >= 0.6 is 0 Å². The van der Waals surface area contributed by atoms with Crippen molar-refractivity contribution in [3.05, 3.63) is 24.2 Å².